The van der Waals surface area contributed by atoms with Crippen LogP contribution >= 0.6 is 0 Å². The zero-order chi connectivity index (χ0) is 19.8. The third-order valence-corrected chi connectivity index (χ3v) is 5.25. The zero-order valence-electron chi connectivity index (χ0n) is 15.9. The van der Waals surface area contributed by atoms with Gasteiger partial charge >= 0.3 is 7.12 Å². The molecule has 0 bridgehead atoms. The van der Waals surface area contributed by atoms with E-state index in [0.29, 0.717) is 29.7 Å². The molecular formula is C19H23BN4O4. The summed E-state index contributed by atoms with van der Waals surface area (Å²) in [5.74, 6) is 2.46. The van der Waals surface area contributed by atoms with Gasteiger partial charge in [-0.15, -0.1) is 0 Å². The molecule has 0 saturated carbocycles. The third-order valence-electron chi connectivity index (χ3n) is 5.25. The SMILES string of the molecule is Cc1cc(Nc2nn(C3COCC[C@@H]3C)cc2C(N)=O)cc2c1OB(O)C=C2. The first-order valence-corrected chi connectivity index (χ1v) is 9.33. The van der Waals surface area contributed by atoms with E-state index in [-0.39, 0.29) is 6.04 Å². The van der Waals surface area contributed by atoms with Crippen LogP contribution in [0.1, 0.15) is 40.9 Å². The van der Waals surface area contributed by atoms with Crippen molar-refractivity contribution in [3.8, 4) is 5.75 Å². The molecule has 9 heteroatoms. The number of primary amides is 1. The number of ether oxygens (including phenoxy) is 1. The summed E-state index contributed by atoms with van der Waals surface area (Å²) in [6, 6.07) is 3.81. The average molecular weight is 382 g/mol. The van der Waals surface area contributed by atoms with Crippen molar-refractivity contribution in [3.05, 3.63) is 41.0 Å². The number of hydrogen-bond acceptors (Lipinski definition) is 6. The Morgan fingerprint density at radius 3 is 3.04 bits per heavy atom. The van der Waals surface area contributed by atoms with Crippen LogP contribution in [0, 0.1) is 12.8 Å². The Hall–Kier alpha value is -2.78. The van der Waals surface area contributed by atoms with E-state index in [1.165, 1.54) is 0 Å². The highest BCUT2D eigenvalue weighted by Crippen LogP contribution is 2.34. The molecule has 4 N–H and O–H groups in total. The second-order valence-electron chi connectivity index (χ2n) is 7.35. The summed E-state index contributed by atoms with van der Waals surface area (Å²) >= 11 is 0. The van der Waals surface area contributed by atoms with Gasteiger partial charge in [-0.25, -0.2) is 0 Å². The number of nitrogens with two attached hydrogens (primary N) is 1. The fraction of sp³-hybridized carbons (Fsp3) is 0.368. The largest absolute Gasteiger partial charge is 0.552 e. The van der Waals surface area contributed by atoms with Crippen molar-refractivity contribution in [2.24, 2.45) is 11.7 Å². The zero-order valence-corrected chi connectivity index (χ0v) is 15.9. The van der Waals surface area contributed by atoms with Crippen molar-refractivity contribution in [3.63, 3.8) is 0 Å². The fourth-order valence-corrected chi connectivity index (χ4v) is 3.64. The summed E-state index contributed by atoms with van der Waals surface area (Å²) in [7, 11) is -0.943. The van der Waals surface area contributed by atoms with E-state index >= 15 is 0 Å². The van der Waals surface area contributed by atoms with E-state index in [0.717, 1.165) is 29.8 Å². The van der Waals surface area contributed by atoms with E-state index < -0.39 is 13.0 Å². The van der Waals surface area contributed by atoms with Gasteiger partial charge < -0.3 is 25.5 Å². The molecule has 8 nitrogen and oxygen atoms in total. The Morgan fingerprint density at radius 2 is 2.29 bits per heavy atom. The van der Waals surface area contributed by atoms with Crippen LogP contribution in [0.4, 0.5) is 11.5 Å². The molecular weight excluding hydrogens is 359 g/mol. The van der Waals surface area contributed by atoms with Gasteiger partial charge in [0.2, 0.25) is 0 Å². The average Bonchev–Trinajstić information content (AvgIpc) is 3.06. The summed E-state index contributed by atoms with van der Waals surface area (Å²) in [4.78, 5) is 12.0. The summed E-state index contributed by atoms with van der Waals surface area (Å²) in [5, 5.41) is 17.4. The van der Waals surface area contributed by atoms with Gasteiger partial charge in [0, 0.05) is 24.1 Å². The number of aromatic nitrogens is 2. The van der Waals surface area contributed by atoms with Crippen LogP contribution in [0.3, 0.4) is 0 Å². The smallest absolute Gasteiger partial charge is 0.532 e. The van der Waals surface area contributed by atoms with Gasteiger partial charge in [0.25, 0.3) is 5.91 Å². The number of anilines is 2. The number of carbonyl (C=O) groups is 1. The maximum Gasteiger partial charge on any atom is 0.552 e. The summed E-state index contributed by atoms with van der Waals surface area (Å²) < 4.78 is 12.8. The molecule has 146 valence electrons. The number of nitrogens with one attached hydrogen (secondary N) is 1. The van der Waals surface area contributed by atoms with Crippen LogP contribution in [0.15, 0.2) is 24.3 Å². The number of fused-ring (bicyclic) bond motifs is 1. The minimum absolute atomic E-state index is 0.0606. The quantitative estimate of drug-likeness (QED) is 0.698. The lowest BCUT2D eigenvalue weighted by atomic mass is 9.86. The molecule has 2 aliphatic rings. The van der Waals surface area contributed by atoms with Crippen molar-refractivity contribution in [2.45, 2.75) is 26.3 Å². The normalized spacial score (nSPS) is 21.2. The molecule has 2 atom stereocenters. The highest BCUT2D eigenvalue weighted by molar-refractivity contribution is 6.51. The molecule has 4 rings (SSSR count). The van der Waals surface area contributed by atoms with Gasteiger partial charge in [-0.2, -0.15) is 5.10 Å². The molecule has 1 unspecified atom stereocenters. The van der Waals surface area contributed by atoms with Crippen LogP contribution in [-0.4, -0.2) is 41.0 Å². The van der Waals surface area contributed by atoms with Crippen molar-refractivity contribution < 1.29 is 19.2 Å². The second kappa shape index (κ2) is 7.33. The van der Waals surface area contributed by atoms with E-state index in [1.54, 1.807) is 22.9 Å². The molecule has 1 fully saturated rings. The molecule has 28 heavy (non-hydrogen) atoms. The van der Waals surface area contributed by atoms with E-state index in [4.69, 9.17) is 15.1 Å². The van der Waals surface area contributed by atoms with Crippen LogP contribution in [-0.2, 0) is 4.74 Å². The summed E-state index contributed by atoms with van der Waals surface area (Å²) in [5.41, 5.74) is 8.35. The molecule has 2 aliphatic heterocycles. The van der Waals surface area contributed by atoms with Gasteiger partial charge in [-0.05, 0) is 42.9 Å². The number of hydrogen-bond donors (Lipinski definition) is 3. The molecule has 0 aliphatic carbocycles. The second-order valence-corrected chi connectivity index (χ2v) is 7.35. The van der Waals surface area contributed by atoms with Gasteiger partial charge in [-0.3, -0.25) is 9.48 Å². The molecule has 1 amide bonds. The molecule has 0 spiro atoms. The van der Waals surface area contributed by atoms with Gasteiger partial charge in [0.05, 0.1) is 12.6 Å². The number of aryl methyl sites for hydroxylation is 1. The predicted molar refractivity (Wildman–Crippen MR) is 106 cm³/mol. The first kappa shape index (κ1) is 18.6. The van der Waals surface area contributed by atoms with E-state index in [1.807, 2.05) is 19.1 Å². The van der Waals surface area contributed by atoms with Crippen LogP contribution < -0.4 is 15.7 Å². The Balaban J connectivity index is 1.66. The molecule has 2 aromatic rings. The lowest BCUT2D eigenvalue weighted by Crippen LogP contribution is -2.28. The first-order valence-electron chi connectivity index (χ1n) is 9.33. The van der Waals surface area contributed by atoms with Gasteiger partial charge in [0.1, 0.15) is 11.3 Å². The predicted octanol–water partition coefficient (Wildman–Crippen LogP) is 2.06. The molecule has 3 heterocycles. The number of nitrogens with zero attached hydrogens (tertiary/aromatic N) is 2. The van der Waals surface area contributed by atoms with Crippen molar-refractivity contribution in [2.75, 3.05) is 18.5 Å². The summed E-state index contributed by atoms with van der Waals surface area (Å²) in [6.45, 7) is 5.35. The Labute approximate surface area is 163 Å². The Morgan fingerprint density at radius 1 is 1.46 bits per heavy atom. The molecule has 1 aromatic carbocycles. The topological polar surface area (TPSA) is 112 Å². The molecule has 0 radical (unpaired) electrons. The fourth-order valence-electron chi connectivity index (χ4n) is 3.64. The lowest BCUT2D eigenvalue weighted by Gasteiger charge is -2.28. The van der Waals surface area contributed by atoms with Gasteiger partial charge in [-0.1, -0.05) is 13.0 Å². The van der Waals surface area contributed by atoms with Crippen molar-refractivity contribution in [1.82, 2.24) is 9.78 Å². The van der Waals surface area contributed by atoms with Crippen molar-refractivity contribution in [1.29, 1.82) is 0 Å². The standard InChI is InChI=1S/C19H23BN4O4/c1-11-4-6-27-10-16(11)24-9-15(18(21)25)19(23-24)22-14-7-12(2)17-13(8-14)3-5-20(26)28-17/h3,5,7-9,11,16,26H,4,6,10H2,1-2H3,(H2,21,25)(H,22,23)/t11-,16?/m0/s1. The summed E-state index contributed by atoms with van der Waals surface area (Å²) in [6.07, 6.45) is 4.43. The minimum Gasteiger partial charge on any atom is -0.532 e. The molecule has 1 saturated heterocycles. The van der Waals surface area contributed by atoms with E-state index in [9.17, 15) is 9.82 Å². The number of rotatable bonds is 4. The lowest BCUT2D eigenvalue weighted by molar-refractivity contribution is 0.0238. The third kappa shape index (κ3) is 3.50. The van der Waals surface area contributed by atoms with E-state index in [2.05, 4.69) is 17.3 Å². The maximum absolute atomic E-state index is 12.0. The maximum atomic E-state index is 12.0. The number of amides is 1. The Bertz CT molecular complexity index is 942. The monoisotopic (exact) mass is 382 g/mol. The highest BCUT2D eigenvalue weighted by atomic mass is 16.5. The number of carbonyl (C=O) groups excluding carboxylic acids is 1. The first-order chi connectivity index (χ1) is 13.4. The van der Waals surface area contributed by atoms with Crippen LogP contribution in [0.25, 0.3) is 6.08 Å². The number of benzene rings is 1. The minimum atomic E-state index is -0.943. The van der Waals surface area contributed by atoms with Crippen molar-refractivity contribution >= 4 is 30.6 Å². The molecule has 1 aromatic heterocycles. The van der Waals surface area contributed by atoms with Crippen LogP contribution in [0.2, 0.25) is 0 Å². The highest BCUT2D eigenvalue weighted by Gasteiger charge is 2.27. The van der Waals surface area contributed by atoms with Crippen LogP contribution in [0.5, 0.6) is 5.75 Å². The Kier molecular flexibility index (Phi) is 4.86. The van der Waals surface area contributed by atoms with Gasteiger partial charge in [0.15, 0.2) is 5.82 Å².